The molecule has 1 N–H and O–H groups in total. The highest BCUT2D eigenvalue weighted by atomic mass is 16.5. The van der Waals surface area contributed by atoms with Crippen molar-refractivity contribution in [2.45, 2.75) is 64.3 Å². The molecule has 2 heterocycles. The zero-order chi connectivity index (χ0) is 21.3. The molecule has 0 bridgehead atoms. The molecule has 6 heteroatoms. The molecule has 0 unspecified atom stereocenters. The number of rotatable bonds is 6. The first kappa shape index (κ1) is 21.1. The van der Waals surface area contributed by atoms with Crippen LogP contribution in [0, 0.1) is 5.92 Å². The Morgan fingerprint density at radius 2 is 2.03 bits per heavy atom. The standard InChI is InChI=1S/C24H34N4O2/c1-5-28-15-12-25-20(28)16-27-13-10-24(11-14-27)19-9-7-6-8-18(19)21(22(24)30-4)26-23(29)17(2)3/h6-9,12,15,17,21-22H,5,10-11,13-14,16H2,1-4H3,(H,26,29)/t21-,22+/m1/s1. The minimum absolute atomic E-state index is 0.0441. The lowest BCUT2D eigenvalue weighted by Crippen LogP contribution is -2.50. The van der Waals surface area contributed by atoms with E-state index in [2.05, 4.69) is 57.2 Å². The molecule has 2 aliphatic rings. The van der Waals surface area contributed by atoms with Crippen molar-refractivity contribution in [3.63, 3.8) is 0 Å². The number of carbonyl (C=O) groups is 1. The summed E-state index contributed by atoms with van der Waals surface area (Å²) in [5.41, 5.74) is 2.51. The summed E-state index contributed by atoms with van der Waals surface area (Å²) in [5, 5.41) is 3.28. The van der Waals surface area contributed by atoms with Crippen LogP contribution in [0.4, 0.5) is 0 Å². The van der Waals surface area contributed by atoms with Crippen LogP contribution in [0.25, 0.3) is 0 Å². The highest BCUT2D eigenvalue weighted by molar-refractivity contribution is 5.78. The predicted octanol–water partition coefficient (Wildman–Crippen LogP) is 3.28. The maximum Gasteiger partial charge on any atom is 0.223 e. The number of ether oxygens (including phenoxy) is 1. The number of fused-ring (bicyclic) bond motifs is 2. The Balaban J connectivity index is 1.56. The molecule has 162 valence electrons. The second-order valence-corrected chi connectivity index (χ2v) is 8.95. The average Bonchev–Trinajstić information content (AvgIpc) is 3.30. The van der Waals surface area contributed by atoms with E-state index in [0.717, 1.165) is 44.8 Å². The summed E-state index contributed by atoms with van der Waals surface area (Å²) in [7, 11) is 1.79. The van der Waals surface area contributed by atoms with Gasteiger partial charge in [0.15, 0.2) is 0 Å². The molecule has 1 amide bonds. The van der Waals surface area contributed by atoms with Crippen molar-refractivity contribution in [3.05, 3.63) is 53.6 Å². The van der Waals surface area contributed by atoms with Gasteiger partial charge in [0, 0.05) is 37.4 Å². The lowest BCUT2D eigenvalue weighted by Gasteiger charge is -2.44. The van der Waals surface area contributed by atoms with Gasteiger partial charge in [-0.15, -0.1) is 0 Å². The second-order valence-electron chi connectivity index (χ2n) is 8.95. The van der Waals surface area contributed by atoms with E-state index in [0.29, 0.717) is 0 Å². The number of aryl methyl sites for hydroxylation is 1. The van der Waals surface area contributed by atoms with E-state index in [1.165, 1.54) is 11.1 Å². The number of likely N-dealkylation sites (tertiary alicyclic amines) is 1. The number of imidazole rings is 1. The van der Waals surface area contributed by atoms with Crippen LogP contribution >= 0.6 is 0 Å². The van der Waals surface area contributed by atoms with Crippen molar-refractivity contribution in [3.8, 4) is 0 Å². The Morgan fingerprint density at radius 3 is 2.70 bits per heavy atom. The molecule has 1 spiro atoms. The molecule has 4 rings (SSSR count). The molecule has 6 nitrogen and oxygen atoms in total. The summed E-state index contributed by atoms with van der Waals surface area (Å²) in [6.07, 6.45) is 5.93. The van der Waals surface area contributed by atoms with Gasteiger partial charge in [0.1, 0.15) is 5.82 Å². The fourth-order valence-electron chi connectivity index (χ4n) is 5.34. The van der Waals surface area contributed by atoms with Crippen LogP contribution in [0.3, 0.4) is 0 Å². The molecule has 1 saturated heterocycles. The van der Waals surface area contributed by atoms with Crippen LogP contribution in [0.1, 0.15) is 56.6 Å². The summed E-state index contributed by atoms with van der Waals surface area (Å²) in [6.45, 7) is 9.85. The number of hydrogen-bond donors (Lipinski definition) is 1. The summed E-state index contributed by atoms with van der Waals surface area (Å²) < 4.78 is 8.32. The number of nitrogens with zero attached hydrogens (tertiary/aromatic N) is 3. The van der Waals surface area contributed by atoms with Gasteiger partial charge in [-0.3, -0.25) is 9.69 Å². The molecule has 2 aromatic rings. The van der Waals surface area contributed by atoms with Crippen molar-refractivity contribution in [1.29, 1.82) is 0 Å². The molecule has 1 aromatic carbocycles. The van der Waals surface area contributed by atoms with Crippen molar-refractivity contribution >= 4 is 5.91 Å². The largest absolute Gasteiger partial charge is 0.378 e. The number of amides is 1. The Hall–Kier alpha value is -2.18. The first-order valence-corrected chi connectivity index (χ1v) is 11.1. The van der Waals surface area contributed by atoms with Crippen LogP contribution in [0.2, 0.25) is 0 Å². The SMILES string of the molecule is CCn1ccnc1CN1CCC2(CC1)c1ccccc1[C@@H](NC(=O)C(C)C)[C@@H]2OC. The van der Waals surface area contributed by atoms with Gasteiger partial charge in [-0.05, 0) is 44.0 Å². The van der Waals surface area contributed by atoms with Crippen molar-refractivity contribution in [2.75, 3.05) is 20.2 Å². The third-order valence-electron chi connectivity index (χ3n) is 7.01. The van der Waals surface area contributed by atoms with Gasteiger partial charge < -0.3 is 14.6 Å². The third kappa shape index (κ3) is 3.56. The van der Waals surface area contributed by atoms with Crippen LogP contribution in [0.5, 0.6) is 0 Å². The first-order chi connectivity index (χ1) is 14.5. The monoisotopic (exact) mass is 410 g/mol. The topological polar surface area (TPSA) is 59.4 Å². The van der Waals surface area contributed by atoms with Gasteiger partial charge in [0.25, 0.3) is 0 Å². The summed E-state index contributed by atoms with van der Waals surface area (Å²) in [4.78, 5) is 19.6. The van der Waals surface area contributed by atoms with E-state index in [9.17, 15) is 4.79 Å². The molecule has 1 aliphatic heterocycles. The van der Waals surface area contributed by atoms with Crippen LogP contribution < -0.4 is 5.32 Å². The third-order valence-corrected chi connectivity index (χ3v) is 7.01. The van der Waals surface area contributed by atoms with Gasteiger partial charge in [-0.2, -0.15) is 0 Å². The van der Waals surface area contributed by atoms with Crippen LogP contribution in [-0.4, -0.2) is 46.7 Å². The maximum atomic E-state index is 12.5. The van der Waals surface area contributed by atoms with Crippen molar-refractivity contribution in [2.24, 2.45) is 5.92 Å². The Morgan fingerprint density at radius 1 is 1.30 bits per heavy atom. The number of piperidine rings is 1. The van der Waals surface area contributed by atoms with Gasteiger partial charge in [0.05, 0.1) is 18.7 Å². The predicted molar refractivity (Wildman–Crippen MR) is 117 cm³/mol. The number of hydrogen-bond acceptors (Lipinski definition) is 4. The molecular formula is C24H34N4O2. The van der Waals surface area contributed by atoms with E-state index < -0.39 is 0 Å². The minimum atomic E-state index is -0.0911. The zero-order valence-electron chi connectivity index (χ0n) is 18.6. The highest BCUT2D eigenvalue weighted by Gasteiger charge is 2.54. The van der Waals surface area contributed by atoms with Gasteiger partial charge in [0.2, 0.25) is 5.91 Å². The summed E-state index contributed by atoms with van der Waals surface area (Å²) in [6, 6.07) is 8.49. The smallest absolute Gasteiger partial charge is 0.223 e. The number of carbonyl (C=O) groups excluding carboxylic acids is 1. The van der Waals surface area contributed by atoms with Gasteiger partial charge in [-0.25, -0.2) is 4.98 Å². The average molecular weight is 411 g/mol. The molecular weight excluding hydrogens is 376 g/mol. The first-order valence-electron chi connectivity index (χ1n) is 11.1. The molecule has 1 aromatic heterocycles. The van der Waals surface area contributed by atoms with E-state index in [1.54, 1.807) is 7.11 Å². The summed E-state index contributed by atoms with van der Waals surface area (Å²) >= 11 is 0. The number of benzene rings is 1. The highest BCUT2D eigenvalue weighted by Crippen LogP contribution is 2.52. The molecule has 0 radical (unpaired) electrons. The normalized spacial score (nSPS) is 23.1. The fraction of sp³-hybridized carbons (Fsp3) is 0.583. The molecule has 2 atom stereocenters. The lowest BCUT2D eigenvalue weighted by atomic mass is 9.72. The van der Waals surface area contributed by atoms with Gasteiger partial charge >= 0.3 is 0 Å². The van der Waals surface area contributed by atoms with E-state index in [1.807, 2.05) is 20.0 Å². The van der Waals surface area contributed by atoms with Crippen LogP contribution in [0.15, 0.2) is 36.7 Å². The zero-order valence-corrected chi connectivity index (χ0v) is 18.6. The van der Waals surface area contributed by atoms with Crippen molar-refractivity contribution in [1.82, 2.24) is 19.8 Å². The minimum Gasteiger partial charge on any atom is -0.378 e. The second kappa shape index (κ2) is 8.52. The fourth-order valence-corrected chi connectivity index (χ4v) is 5.34. The number of nitrogens with one attached hydrogen (secondary N) is 1. The molecule has 30 heavy (non-hydrogen) atoms. The number of aromatic nitrogens is 2. The molecule has 1 aliphatic carbocycles. The summed E-state index contributed by atoms with van der Waals surface area (Å²) in [5.74, 6) is 1.17. The Labute approximate surface area is 179 Å². The molecule has 1 fully saturated rings. The van der Waals surface area contributed by atoms with Crippen LogP contribution in [-0.2, 0) is 28.0 Å². The van der Waals surface area contributed by atoms with Gasteiger partial charge in [-0.1, -0.05) is 38.1 Å². The number of methoxy groups -OCH3 is 1. The Bertz CT molecular complexity index is 883. The van der Waals surface area contributed by atoms with E-state index >= 15 is 0 Å². The van der Waals surface area contributed by atoms with E-state index in [-0.39, 0.29) is 29.4 Å². The quantitative estimate of drug-likeness (QED) is 0.794. The van der Waals surface area contributed by atoms with Crippen molar-refractivity contribution < 1.29 is 9.53 Å². The maximum absolute atomic E-state index is 12.5. The Kier molecular flexibility index (Phi) is 5.98. The molecule has 0 saturated carbocycles. The lowest BCUT2D eigenvalue weighted by molar-refractivity contribution is -0.126. The van der Waals surface area contributed by atoms with E-state index in [4.69, 9.17) is 4.74 Å².